The number of hydrogen-bond donors (Lipinski definition) is 1. The number of carbonyl (C=O) groups excluding carboxylic acids is 1. The van der Waals surface area contributed by atoms with Crippen molar-refractivity contribution in [1.82, 2.24) is 4.98 Å². The monoisotopic (exact) mass is 327 g/mol. The zero-order chi connectivity index (χ0) is 14.1. The highest BCUT2D eigenvalue weighted by Crippen LogP contribution is 2.31. The third kappa shape index (κ3) is 2.18. The van der Waals surface area contributed by atoms with Crippen molar-refractivity contribution in [2.45, 2.75) is 13.3 Å². The van der Waals surface area contributed by atoms with Gasteiger partial charge in [-0.25, -0.2) is 0 Å². The molecule has 0 saturated carbocycles. The van der Waals surface area contributed by atoms with Crippen molar-refractivity contribution in [3.05, 3.63) is 58.1 Å². The van der Waals surface area contributed by atoms with Crippen LogP contribution in [0.5, 0.6) is 0 Å². The summed E-state index contributed by atoms with van der Waals surface area (Å²) in [7, 11) is 0. The molecule has 0 unspecified atom stereocenters. The first kappa shape index (κ1) is 13.1. The van der Waals surface area contributed by atoms with Gasteiger partial charge in [0.15, 0.2) is 6.29 Å². The molecular weight excluding hydrogens is 314 g/mol. The molecule has 3 rings (SSSR count). The Morgan fingerprint density at radius 1 is 1.15 bits per heavy atom. The number of hydrogen-bond acceptors (Lipinski definition) is 1. The molecule has 0 fully saturated rings. The molecule has 0 saturated heterocycles. The van der Waals surface area contributed by atoms with Gasteiger partial charge in [0.25, 0.3) is 0 Å². The second kappa shape index (κ2) is 5.25. The van der Waals surface area contributed by atoms with Gasteiger partial charge in [0, 0.05) is 20.9 Å². The summed E-state index contributed by atoms with van der Waals surface area (Å²) in [6, 6.07) is 14.3. The number of aromatic amines is 1. The molecule has 0 aliphatic rings. The average molecular weight is 328 g/mol. The van der Waals surface area contributed by atoms with Crippen LogP contribution in [0, 0.1) is 0 Å². The van der Waals surface area contributed by atoms with E-state index in [4.69, 9.17) is 0 Å². The normalized spacial score (nSPS) is 10.9. The Bertz CT molecular complexity index is 772. The largest absolute Gasteiger partial charge is 0.354 e. The maximum atomic E-state index is 11.5. The van der Waals surface area contributed by atoms with Crippen LogP contribution in [0.4, 0.5) is 0 Å². The third-order valence-electron chi connectivity index (χ3n) is 3.57. The summed E-state index contributed by atoms with van der Waals surface area (Å²) in [4.78, 5) is 14.8. The summed E-state index contributed by atoms with van der Waals surface area (Å²) >= 11 is 3.45. The number of H-pyrrole nitrogens is 1. The maximum Gasteiger partial charge on any atom is 0.152 e. The van der Waals surface area contributed by atoms with E-state index in [0.717, 1.165) is 39.3 Å². The molecule has 0 bridgehead atoms. The second-order valence-corrected chi connectivity index (χ2v) is 5.69. The molecule has 0 amide bonds. The number of benzene rings is 2. The van der Waals surface area contributed by atoms with Crippen LogP contribution >= 0.6 is 15.9 Å². The van der Waals surface area contributed by atoms with E-state index in [2.05, 4.69) is 52.1 Å². The Balaban J connectivity index is 2.21. The lowest BCUT2D eigenvalue weighted by molar-refractivity contribution is 0.112. The maximum absolute atomic E-state index is 11.5. The van der Waals surface area contributed by atoms with Gasteiger partial charge in [-0.1, -0.05) is 47.1 Å². The Morgan fingerprint density at radius 2 is 1.90 bits per heavy atom. The van der Waals surface area contributed by atoms with Crippen molar-refractivity contribution in [2.24, 2.45) is 0 Å². The van der Waals surface area contributed by atoms with Gasteiger partial charge >= 0.3 is 0 Å². The Hall–Kier alpha value is -1.87. The zero-order valence-corrected chi connectivity index (χ0v) is 12.7. The minimum absolute atomic E-state index is 0.713. The zero-order valence-electron chi connectivity index (χ0n) is 11.1. The highest BCUT2D eigenvalue weighted by molar-refractivity contribution is 9.10. The van der Waals surface area contributed by atoms with Gasteiger partial charge in [-0.15, -0.1) is 0 Å². The molecule has 2 aromatic carbocycles. The molecule has 0 aliphatic heterocycles. The van der Waals surface area contributed by atoms with Gasteiger partial charge in [0.1, 0.15) is 0 Å². The van der Waals surface area contributed by atoms with Crippen LogP contribution in [-0.2, 0) is 6.42 Å². The fraction of sp³-hybridized carbons (Fsp3) is 0.118. The first-order chi connectivity index (χ1) is 9.72. The first-order valence-electron chi connectivity index (χ1n) is 6.58. The van der Waals surface area contributed by atoms with Gasteiger partial charge in [-0.2, -0.15) is 0 Å². The summed E-state index contributed by atoms with van der Waals surface area (Å²) in [6.07, 6.45) is 1.94. The van der Waals surface area contributed by atoms with Crippen LogP contribution in [0.2, 0.25) is 0 Å². The van der Waals surface area contributed by atoms with Gasteiger partial charge in [0.2, 0.25) is 0 Å². The number of aldehydes is 1. The molecule has 1 heterocycles. The fourth-order valence-electron chi connectivity index (χ4n) is 2.44. The first-order valence-corrected chi connectivity index (χ1v) is 7.38. The van der Waals surface area contributed by atoms with E-state index in [0.29, 0.717) is 5.56 Å². The number of nitrogens with one attached hydrogen (secondary N) is 1. The minimum atomic E-state index is 0.713. The van der Waals surface area contributed by atoms with Crippen molar-refractivity contribution in [1.29, 1.82) is 0 Å². The van der Waals surface area contributed by atoms with E-state index < -0.39 is 0 Å². The third-order valence-corrected chi connectivity index (χ3v) is 4.06. The van der Waals surface area contributed by atoms with Crippen LogP contribution in [-0.4, -0.2) is 11.3 Å². The summed E-state index contributed by atoms with van der Waals surface area (Å²) in [6.45, 7) is 2.13. The van der Waals surface area contributed by atoms with Crippen LogP contribution in [0.3, 0.4) is 0 Å². The number of aromatic nitrogens is 1. The van der Waals surface area contributed by atoms with Crippen molar-refractivity contribution < 1.29 is 4.79 Å². The lowest BCUT2D eigenvalue weighted by Crippen LogP contribution is -1.86. The van der Waals surface area contributed by atoms with E-state index in [1.807, 2.05) is 18.2 Å². The predicted molar refractivity (Wildman–Crippen MR) is 86.2 cm³/mol. The van der Waals surface area contributed by atoms with E-state index in [-0.39, 0.29) is 0 Å². The lowest BCUT2D eigenvalue weighted by Gasteiger charge is -2.02. The van der Waals surface area contributed by atoms with E-state index >= 15 is 0 Å². The molecule has 0 aliphatic carbocycles. The molecule has 0 atom stereocenters. The van der Waals surface area contributed by atoms with Crippen LogP contribution in [0.1, 0.15) is 22.8 Å². The molecule has 3 heteroatoms. The molecule has 0 radical (unpaired) electrons. The van der Waals surface area contributed by atoms with E-state index in [1.54, 1.807) is 0 Å². The Kier molecular flexibility index (Phi) is 3.45. The lowest BCUT2D eigenvalue weighted by atomic mass is 10.0. The van der Waals surface area contributed by atoms with Gasteiger partial charge in [0.05, 0.1) is 5.69 Å². The van der Waals surface area contributed by atoms with Crippen molar-refractivity contribution in [2.75, 3.05) is 0 Å². The van der Waals surface area contributed by atoms with E-state index in [1.165, 1.54) is 5.56 Å². The molecule has 0 spiro atoms. The van der Waals surface area contributed by atoms with Gasteiger partial charge in [-0.05, 0) is 35.7 Å². The van der Waals surface area contributed by atoms with E-state index in [9.17, 15) is 4.79 Å². The van der Waals surface area contributed by atoms with Crippen LogP contribution < -0.4 is 0 Å². The minimum Gasteiger partial charge on any atom is -0.354 e. The number of aryl methyl sites for hydroxylation is 1. The van der Waals surface area contributed by atoms with Crippen molar-refractivity contribution in [3.63, 3.8) is 0 Å². The number of fused-ring (bicyclic) bond motifs is 1. The quantitative estimate of drug-likeness (QED) is 0.676. The molecule has 100 valence electrons. The summed E-state index contributed by atoms with van der Waals surface area (Å²) in [5.74, 6) is 0. The Labute approximate surface area is 126 Å². The standard InChI is InChI=1S/C17H14BrNO/c1-2-11-3-5-12(6-4-11)17-15(10-20)14-9-13(18)7-8-16(14)19-17/h3-10,19H,2H2,1H3. The van der Waals surface area contributed by atoms with Crippen molar-refractivity contribution >= 4 is 33.1 Å². The van der Waals surface area contributed by atoms with Crippen LogP contribution in [0.25, 0.3) is 22.2 Å². The predicted octanol–water partition coefficient (Wildman–Crippen LogP) is 4.97. The summed E-state index contributed by atoms with van der Waals surface area (Å²) < 4.78 is 0.972. The molecule has 20 heavy (non-hydrogen) atoms. The fourth-order valence-corrected chi connectivity index (χ4v) is 2.80. The molecule has 3 aromatic rings. The number of carbonyl (C=O) groups is 1. The average Bonchev–Trinajstić information content (AvgIpc) is 2.85. The SMILES string of the molecule is CCc1ccc(-c2[nH]c3ccc(Br)cc3c2C=O)cc1. The summed E-state index contributed by atoms with van der Waals surface area (Å²) in [5, 5.41) is 0.948. The molecule has 2 nitrogen and oxygen atoms in total. The highest BCUT2D eigenvalue weighted by atomic mass is 79.9. The molecular formula is C17H14BrNO. The van der Waals surface area contributed by atoms with Gasteiger partial charge in [-0.3, -0.25) is 4.79 Å². The topological polar surface area (TPSA) is 32.9 Å². The molecule has 1 N–H and O–H groups in total. The second-order valence-electron chi connectivity index (χ2n) is 4.77. The molecule has 1 aromatic heterocycles. The van der Waals surface area contributed by atoms with Gasteiger partial charge < -0.3 is 4.98 Å². The summed E-state index contributed by atoms with van der Waals surface area (Å²) in [5.41, 5.74) is 4.91. The number of halogens is 1. The Morgan fingerprint density at radius 3 is 2.55 bits per heavy atom. The van der Waals surface area contributed by atoms with Crippen molar-refractivity contribution in [3.8, 4) is 11.3 Å². The highest BCUT2D eigenvalue weighted by Gasteiger charge is 2.12. The smallest absolute Gasteiger partial charge is 0.152 e. The number of rotatable bonds is 3. The van der Waals surface area contributed by atoms with Crippen LogP contribution in [0.15, 0.2) is 46.9 Å².